The van der Waals surface area contributed by atoms with Crippen molar-refractivity contribution in [2.45, 2.75) is 33.1 Å². The smallest absolute Gasteiger partial charge is 0.221 e. The van der Waals surface area contributed by atoms with Gasteiger partial charge in [-0.1, -0.05) is 24.9 Å². The minimum atomic E-state index is -0.577. The van der Waals surface area contributed by atoms with Crippen molar-refractivity contribution in [3.05, 3.63) is 28.5 Å². The highest BCUT2D eigenvalue weighted by Crippen LogP contribution is 2.25. The SMILES string of the molecule is CCCCOC(=S)Cc1cc(NC(C)=O)c(F)cc1Cl. The highest BCUT2D eigenvalue weighted by molar-refractivity contribution is 7.80. The van der Waals surface area contributed by atoms with Crippen LogP contribution in [0.5, 0.6) is 0 Å². The third kappa shape index (κ3) is 5.43. The summed E-state index contributed by atoms with van der Waals surface area (Å²) in [5.74, 6) is -0.925. The molecule has 0 fully saturated rings. The van der Waals surface area contributed by atoms with Crippen molar-refractivity contribution >= 4 is 40.5 Å². The van der Waals surface area contributed by atoms with Crippen molar-refractivity contribution in [2.24, 2.45) is 0 Å². The molecular weight excluding hydrogens is 301 g/mol. The molecular formula is C14H17ClFNO2S. The van der Waals surface area contributed by atoms with Crippen LogP contribution in [0.4, 0.5) is 10.1 Å². The number of amides is 1. The molecule has 1 aromatic rings. The van der Waals surface area contributed by atoms with Gasteiger partial charge in [-0.3, -0.25) is 4.79 Å². The molecule has 0 heterocycles. The zero-order chi connectivity index (χ0) is 15.1. The van der Waals surface area contributed by atoms with Crippen LogP contribution in [0, 0.1) is 5.82 Å². The zero-order valence-corrected chi connectivity index (χ0v) is 13.0. The Bertz CT molecular complexity index is 508. The second-order valence-corrected chi connectivity index (χ2v) is 5.22. The number of benzene rings is 1. The van der Waals surface area contributed by atoms with Crippen molar-refractivity contribution in [2.75, 3.05) is 11.9 Å². The van der Waals surface area contributed by atoms with Gasteiger partial charge in [0.05, 0.1) is 12.3 Å². The number of hydrogen-bond donors (Lipinski definition) is 1. The molecule has 0 aromatic heterocycles. The van der Waals surface area contributed by atoms with E-state index in [0.29, 0.717) is 23.6 Å². The Labute approximate surface area is 128 Å². The summed E-state index contributed by atoms with van der Waals surface area (Å²) in [7, 11) is 0. The van der Waals surface area contributed by atoms with Gasteiger partial charge in [0.25, 0.3) is 0 Å². The van der Waals surface area contributed by atoms with Gasteiger partial charge in [-0.25, -0.2) is 4.39 Å². The fourth-order valence-electron chi connectivity index (χ4n) is 1.55. The summed E-state index contributed by atoms with van der Waals surface area (Å²) in [5, 5.41) is 3.08. The molecule has 0 spiro atoms. The van der Waals surface area contributed by atoms with Gasteiger partial charge in [0, 0.05) is 18.4 Å². The standard InChI is InChI=1S/C14H17ClFNO2S/c1-3-4-5-19-14(20)7-10-6-13(17-9(2)18)12(16)8-11(10)15/h6,8H,3-5,7H2,1-2H3,(H,17,18). The lowest BCUT2D eigenvalue weighted by molar-refractivity contribution is -0.114. The number of rotatable bonds is 6. The molecule has 0 aliphatic heterocycles. The molecule has 0 aliphatic carbocycles. The molecule has 0 saturated carbocycles. The van der Waals surface area contributed by atoms with Crippen LogP contribution in [0.2, 0.25) is 5.02 Å². The Balaban J connectivity index is 2.78. The number of carbonyl (C=O) groups excluding carboxylic acids is 1. The van der Waals surface area contributed by atoms with Crippen LogP contribution >= 0.6 is 23.8 Å². The molecule has 20 heavy (non-hydrogen) atoms. The Morgan fingerprint density at radius 1 is 1.50 bits per heavy atom. The van der Waals surface area contributed by atoms with Gasteiger partial charge in [-0.15, -0.1) is 0 Å². The number of ether oxygens (including phenoxy) is 1. The Hall–Kier alpha value is -1.20. The van der Waals surface area contributed by atoms with Crippen molar-refractivity contribution in [3.8, 4) is 0 Å². The van der Waals surface area contributed by atoms with E-state index in [2.05, 4.69) is 12.2 Å². The first-order chi connectivity index (χ1) is 9.43. The summed E-state index contributed by atoms with van der Waals surface area (Å²) in [6.45, 7) is 3.93. The van der Waals surface area contributed by atoms with Crippen LogP contribution in [0.25, 0.3) is 0 Å². The highest BCUT2D eigenvalue weighted by atomic mass is 35.5. The van der Waals surface area contributed by atoms with E-state index in [1.807, 2.05) is 0 Å². The maximum Gasteiger partial charge on any atom is 0.221 e. The minimum Gasteiger partial charge on any atom is -0.487 e. The minimum absolute atomic E-state index is 0.0910. The maximum absolute atomic E-state index is 13.6. The summed E-state index contributed by atoms with van der Waals surface area (Å²) in [6, 6.07) is 2.64. The van der Waals surface area contributed by atoms with Crippen LogP contribution in [0.1, 0.15) is 32.3 Å². The van der Waals surface area contributed by atoms with E-state index in [4.69, 9.17) is 28.6 Å². The molecule has 0 unspecified atom stereocenters. The molecule has 0 saturated heterocycles. The van der Waals surface area contributed by atoms with Crippen LogP contribution in [0.3, 0.4) is 0 Å². The van der Waals surface area contributed by atoms with E-state index in [9.17, 15) is 9.18 Å². The molecule has 1 rings (SSSR count). The topological polar surface area (TPSA) is 38.3 Å². The van der Waals surface area contributed by atoms with E-state index >= 15 is 0 Å². The number of thiocarbonyl (C=S) groups is 1. The van der Waals surface area contributed by atoms with Gasteiger partial charge in [0.2, 0.25) is 5.91 Å². The van der Waals surface area contributed by atoms with Gasteiger partial charge in [0.1, 0.15) is 5.82 Å². The fourth-order valence-corrected chi connectivity index (χ4v) is 2.01. The van der Waals surface area contributed by atoms with Crippen molar-refractivity contribution in [3.63, 3.8) is 0 Å². The van der Waals surface area contributed by atoms with Gasteiger partial charge in [0.15, 0.2) is 5.05 Å². The highest BCUT2D eigenvalue weighted by Gasteiger charge is 2.12. The largest absolute Gasteiger partial charge is 0.487 e. The van der Waals surface area contributed by atoms with Gasteiger partial charge in [-0.05, 0) is 36.3 Å². The van der Waals surface area contributed by atoms with E-state index in [0.717, 1.165) is 18.9 Å². The van der Waals surface area contributed by atoms with Crippen LogP contribution in [-0.2, 0) is 16.0 Å². The molecule has 0 radical (unpaired) electrons. The molecule has 110 valence electrons. The maximum atomic E-state index is 13.6. The van der Waals surface area contributed by atoms with E-state index < -0.39 is 5.82 Å². The van der Waals surface area contributed by atoms with E-state index in [1.165, 1.54) is 13.0 Å². The monoisotopic (exact) mass is 317 g/mol. The van der Waals surface area contributed by atoms with Crippen molar-refractivity contribution in [1.29, 1.82) is 0 Å². The Morgan fingerprint density at radius 3 is 2.80 bits per heavy atom. The molecule has 1 aromatic carbocycles. The van der Waals surface area contributed by atoms with Crippen molar-refractivity contribution < 1.29 is 13.9 Å². The molecule has 0 aliphatic rings. The lowest BCUT2D eigenvalue weighted by atomic mass is 10.1. The number of nitrogens with one attached hydrogen (secondary N) is 1. The first-order valence-corrected chi connectivity index (χ1v) is 7.13. The van der Waals surface area contributed by atoms with Gasteiger partial charge in [-0.2, -0.15) is 0 Å². The lowest BCUT2D eigenvalue weighted by Crippen LogP contribution is -2.10. The average molecular weight is 318 g/mol. The normalized spacial score (nSPS) is 10.2. The van der Waals surface area contributed by atoms with Crippen LogP contribution in [-0.4, -0.2) is 17.6 Å². The quantitative estimate of drug-likeness (QED) is 0.633. The lowest BCUT2D eigenvalue weighted by Gasteiger charge is -2.11. The third-order valence-electron chi connectivity index (χ3n) is 2.54. The fraction of sp³-hybridized carbons (Fsp3) is 0.429. The summed E-state index contributed by atoms with van der Waals surface area (Å²) in [5.41, 5.74) is 0.714. The van der Waals surface area contributed by atoms with E-state index in [1.54, 1.807) is 0 Å². The molecule has 3 nitrogen and oxygen atoms in total. The Morgan fingerprint density at radius 2 is 2.20 bits per heavy atom. The summed E-state index contributed by atoms with van der Waals surface area (Å²) in [4.78, 5) is 11.0. The number of hydrogen-bond acceptors (Lipinski definition) is 3. The predicted octanol–water partition coefficient (Wildman–Crippen LogP) is 4.12. The first-order valence-electron chi connectivity index (χ1n) is 6.35. The van der Waals surface area contributed by atoms with E-state index in [-0.39, 0.29) is 16.6 Å². The van der Waals surface area contributed by atoms with Gasteiger partial charge >= 0.3 is 0 Å². The number of halogens is 2. The summed E-state index contributed by atoms with van der Waals surface area (Å²) in [6.07, 6.45) is 2.26. The Kier molecular flexibility index (Phi) is 6.88. The summed E-state index contributed by atoms with van der Waals surface area (Å²) < 4.78 is 19.0. The first kappa shape index (κ1) is 16.9. The molecule has 0 bridgehead atoms. The zero-order valence-electron chi connectivity index (χ0n) is 11.5. The number of anilines is 1. The molecule has 0 atom stereocenters. The second kappa shape index (κ2) is 8.17. The number of carbonyl (C=O) groups is 1. The molecule has 6 heteroatoms. The van der Waals surface area contributed by atoms with Crippen molar-refractivity contribution in [1.82, 2.24) is 0 Å². The van der Waals surface area contributed by atoms with Gasteiger partial charge < -0.3 is 10.1 Å². The van der Waals surface area contributed by atoms with Crippen LogP contribution in [0.15, 0.2) is 12.1 Å². The summed E-state index contributed by atoms with van der Waals surface area (Å²) >= 11 is 11.1. The molecule has 1 N–H and O–H groups in total. The second-order valence-electron chi connectivity index (χ2n) is 4.36. The van der Waals surface area contributed by atoms with Crippen LogP contribution < -0.4 is 5.32 Å². The third-order valence-corrected chi connectivity index (χ3v) is 3.16. The molecule has 1 amide bonds. The number of unbranched alkanes of at least 4 members (excludes halogenated alkanes) is 1. The average Bonchev–Trinajstić information content (AvgIpc) is 2.35. The predicted molar refractivity (Wildman–Crippen MR) is 82.9 cm³/mol.